The summed E-state index contributed by atoms with van der Waals surface area (Å²) in [5.74, 6) is 1.02. The zero-order chi connectivity index (χ0) is 14.5. The Kier molecular flexibility index (Phi) is 5.12. The first-order valence-electron chi connectivity index (χ1n) is 7.51. The van der Waals surface area contributed by atoms with Crippen LogP contribution in [0.3, 0.4) is 0 Å². The van der Waals surface area contributed by atoms with Gasteiger partial charge in [-0.25, -0.2) is 0 Å². The van der Waals surface area contributed by atoms with Crippen molar-refractivity contribution in [2.45, 2.75) is 51.6 Å². The van der Waals surface area contributed by atoms with E-state index in [-0.39, 0.29) is 16.7 Å². The quantitative estimate of drug-likeness (QED) is 0.659. The Morgan fingerprint density at radius 1 is 1.30 bits per heavy atom. The number of benzene rings is 1. The van der Waals surface area contributed by atoms with Gasteiger partial charge in [-0.3, -0.25) is 10.1 Å². The van der Waals surface area contributed by atoms with E-state index in [1.807, 2.05) is 12.1 Å². The summed E-state index contributed by atoms with van der Waals surface area (Å²) in [5, 5.41) is 20.8. The molecule has 0 saturated heterocycles. The molecule has 1 aromatic carbocycles. The second-order valence-electron chi connectivity index (χ2n) is 5.92. The minimum absolute atomic E-state index is 0.127. The molecule has 1 aromatic rings. The number of hydrogen-bond donors (Lipinski definition) is 1. The van der Waals surface area contributed by atoms with Gasteiger partial charge >= 0.3 is 0 Å². The molecule has 1 fully saturated rings. The molecule has 110 valence electrons. The number of nitrogens with zero attached hydrogens (tertiary/aromatic N) is 1. The predicted molar refractivity (Wildman–Crippen MR) is 78.5 cm³/mol. The molecule has 1 aliphatic carbocycles. The predicted octanol–water partition coefficient (Wildman–Crippen LogP) is 3.71. The van der Waals surface area contributed by atoms with Crippen molar-refractivity contribution in [1.82, 2.24) is 0 Å². The molecule has 1 aliphatic rings. The number of nitro benzene ring substituents is 1. The Hall–Kier alpha value is -1.42. The van der Waals surface area contributed by atoms with E-state index in [2.05, 4.69) is 6.92 Å². The number of aliphatic hydroxyl groups excluding tert-OH is 1. The summed E-state index contributed by atoms with van der Waals surface area (Å²) in [6, 6.07) is 6.73. The van der Waals surface area contributed by atoms with Gasteiger partial charge in [0.25, 0.3) is 5.69 Å². The molecule has 4 nitrogen and oxygen atoms in total. The van der Waals surface area contributed by atoms with Crippen LogP contribution in [0, 0.1) is 22.0 Å². The summed E-state index contributed by atoms with van der Waals surface area (Å²) in [6.45, 7) is 2.20. The first kappa shape index (κ1) is 15.0. The van der Waals surface area contributed by atoms with Crippen LogP contribution in [0.2, 0.25) is 0 Å². The van der Waals surface area contributed by atoms with Crippen molar-refractivity contribution >= 4 is 5.69 Å². The van der Waals surface area contributed by atoms with Crippen LogP contribution < -0.4 is 0 Å². The van der Waals surface area contributed by atoms with Gasteiger partial charge in [-0.2, -0.15) is 0 Å². The van der Waals surface area contributed by atoms with Gasteiger partial charge in [0, 0.05) is 12.1 Å². The zero-order valence-corrected chi connectivity index (χ0v) is 12.0. The highest BCUT2D eigenvalue weighted by Gasteiger charge is 2.28. The lowest BCUT2D eigenvalue weighted by atomic mass is 9.75. The summed E-state index contributed by atoms with van der Waals surface area (Å²) in [4.78, 5) is 10.3. The second kappa shape index (κ2) is 6.84. The molecule has 0 bridgehead atoms. The summed E-state index contributed by atoms with van der Waals surface area (Å²) < 4.78 is 0. The molecule has 0 amide bonds. The SMILES string of the molecule is CCCC1CCC(O)C(Cc2ccc([N+](=O)[O-])cc2)C1. The third-order valence-corrected chi connectivity index (χ3v) is 4.39. The fraction of sp³-hybridized carbons (Fsp3) is 0.625. The fourth-order valence-electron chi connectivity index (χ4n) is 3.29. The van der Waals surface area contributed by atoms with E-state index in [4.69, 9.17) is 0 Å². The maximum absolute atomic E-state index is 10.6. The van der Waals surface area contributed by atoms with Gasteiger partial charge in [0.1, 0.15) is 0 Å². The first-order valence-corrected chi connectivity index (χ1v) is 7.51. The van der Waals surface area contributed by atoms with Crippen LogP contribution in [0.15, 0.2) is 24.3 Å². The van der Waals surface area contributed by atoms with Crippen molar-refractivity contribution in [3.05, 3.63) is 39.9 Å². The molecule has 2 rings (SSSR count). The number of nitro groups is 1. The van der Waals surface area contributed by atoms with Gasteiger partial charge in [0.2, 0.25) is 0 Å². The summed E-state index contributed by atoms with van der Waals surface area (Å²) >= 11 is 0. The van der Waals surface area contributed by atoms with Crippen LogP contribution in [-0.4, -0.2) is 16.1 Å². The lowest BCUT2D eigenvalue weighted by Gasteiger charge is -2.33. The molecule has 3 unspecified atom stereocenters. The zero-order valence-electron chi connectivity index (χ0n) is 12.0. The Morgan fingerprint density at radius 2 is 2.00 bits per heavy atom. The van der Waals surface area contributed by atoms with E-state index in [0.717, 1.165) is 37.2 Å². The molecule has 4 heteroatoms. The van der Waals surface area contributed by atoms with Gasteiger partial charge in [-0.15, -0.1) is 0 Å². The van der Waals surface area contributed by atoms with Crippen LogP contribution in [0.1, 0.15) is 44.6 Å². The molecule has 0 heterocycles. The van der Waals surface area contributed by atoms with Crippen LogP contribution in [-0.2, 0) is 6.42 Å². The maximum Gasteiger partial charge on any atom is 0.269 e. The van der Waals surface area contributed by atoms with E-state index < -0.39 is 0 Å². The van der Waals surface area contributed by atoms with Crippen molar-refractivity contribution in [2.75, 3.05) is 0 Å². The number of hydrogen-bond acceptors (Lipinski definition) is 3. The largest absolute Gasteiger partial charge is 0.393 e. The number of non-ortho nitro benzene ring substituents is 1. The van der Waals surface area contributed by atoms with Crippen molar-refractivity contribution in [3.8, 4) is 0 Å². The van der Waals surface area contributed by atoms with Crippen LogP contribution in [0.25, 0.3) is 0 Å². The summed E-state index contributed by atoms with van der Waals surface area (Å²) in [7, 11) is 0. The highest BCUT2D eigenvalue weighted by atomic mass is 16.6. The molecule has 0 radical (unpaired) electrons. The third kappa shape index (κ3) is 3.79. The maximum atomic E-state index is 10.6. The minimum Gasteiger partial charge on any atom is -0.393 e. The summed E-state index contributed by atoms with van der Waals surface area (Å²) in [6.07, 6.45) is 6.13. The van der Waals surface area contributed by atoms with Gasteiger partial charge < -0.3 is 5.11 Å². The van der Waals surface area contributed by atoms with E-state index in [1.165, 1.54) is 12.8 Å². The van der Waals surface area contributed by atoms with Crippen LogP contribution in [0.5, 0.6) is 0 Å². The average Bonchev–Trinajstić information content (AvgIpc) is 2.43. The third-order valence-electron chi connectivity index (χ3n) is 4.39. The molecule has 1 N–H and O–H groups in total. The smallest absolute Gasteiger partial charge is 0.269 e. The van der Waals surface area contributed by atoms with Gasteiger partial charge in [0.05, 0.1) is 11.0 Å². The lowest BCUT2D eigenvalue weighted by molar-refractivity contribution is -0.384. The Morgan fingerprint density at radius 3 is 2.60 bits per heavy atom. The Bertz CT molecular complexity index is 444. The summed E-state index contributed by atoms with van der Waals surface area (Å²) in [5.41, 5.74) is 1.21. The molecule has 0 aliphatic heterocycles. The van der Waals surface area contributed by atoms with Crippen molar-refractivity contribution < 1.29 is 10.0 Å². The molecular formula is C16H23NO3. The highest BCUT2D eigenvalue weighted by Crippen LogP contribution is 2.34. The van der Waals surface area contributed by atoms with Crippen molar-refractivity contribution in [1.29, 1.82) is 0 Å². The van der Waals surface area contributed by atoms with E-state index in [9.17, 15) is 15.2 Å². The van der Waals surface area contributed by atoms with E-state index in [1.54, 1.807) is 12.1 Å². The molecule has 0 aromatic heterocycles. The van der Waals surface area contributed by atoms with Gasteiger partial charge in [0.15, 0.2) is 0 Å². The highest BCUT2D eigenvalue weighted by molar-refractivity contribution is 5.33. The monoisotopic (exact) mass is 277 g/mol. The first-order chi connectivity index (χ1) is 9.60. The molecule has 20 heavy (non-hydrogen) atoms. The Labute approximate surface area is 120 Å². The Balaban J connectivity index is 1.98. The molecule has 0 spiro atoms. The number of rotatable bonds is 5. The van der Waals surface area contributed by atoms with Crippen LogP contribution >= 0.6 is 0 Å². The lowest BCUT2D eigenvalue weighted by Crippen LogP contribution is -2.30. The number of aliphatic hydroxyl groups is 1. The van der Waals surface area contributed by atoms with E-state index in [0.29, 0.717) is 5.92 Å². The van der Waals surface area contributed by atoms with Gasteiger partial charge in [-0.1, -0.05) is 31.9 Å². The topological polar surface area (TPSA) is 63.4 Å². The standard InChI is InChI=1S/C16H23NO3/c1-2-3-12-6-9-16(18)14(10-12)11-13-4-7-15(8-5-13)17(19)20/h4-5,7-8,12,14,16,18H,2-3,6,9-11H2,1H3. The molecular weight excluding hydrogens is 254 g/mol. The fourth-order valence-corrected chi connectivity index (χ4v) is 3.29. The molecule has 3 atom stereocenters. The van der Waals surface area contributed by atoms with Crippen molar-refractivity contribution in [2.24, 2.45) is 11.8 Å². The van der Waals surface area contributed by atoms with E-state index >= 15 is 0 Å². The normalized spacial score (nSPS) is 26.4. The van der Waals surface area contributed by atoms with Crippen LogP contribution in [0.4, 0.5) is 5.69 Å². The molecule has 1 saturated carbocycles. The second-order valence-corrected chi connectivity index (χ2v) is 5.92. The van der Waals surface area contributed by atoms with Gasteiger partial charge in [-0.05, 0) is 43.1 Å². The minimum atomic E-state index is -0.378. The average molecular weight is 277 g/mol. The van der Waals surface area contributed by atoms with Crippen molar-refractivity contribution in [3.63, 3.8) is 0 Å².